The highest BCUT2D eigenvalue weighted by Crippen LogP contribution is 2.35. The Kier molecular flexibility index (Phi) is 5.38. The van der Waals surface area contributed by atoms with Gasteiger partial charge in [0.2, 0.25) is 0 Å². The van der Waals surface area contributed by atoms with Crippen molar-refractivity contribution in [3.63, 3.8) is 0 Å². The van der Waals surface area contributed by atoms with E-state index in [1.807, 2.05) is 13.0 Å². The van der Waals surface area contributed by atoms with Crippen LogP contribution < -0.4 is 10.2 Å². The molecule has 0 aliphatic heterocycles. The zero-order valence-electron chi connectivity index (χ0n) is 12.4. The summed E-state index contributed by atoms with van der Waals surface area (Å²) in [6.45, 7) is 5.50. The summed E-state index contributed by atoms with van der Waals surface area (Å²) in [5, 5.41) is 12.7. The van der Waals surface area contributed by atoms with Crippen molar-refractivity contribution in [1.82, 2.24) is 5.32 Å². The number of benzene rings is 1. The first-order valence-electron chi connectivity index (χ1n) is 7.58. The molecule has 0 bridgehead atoms. The Morgan fingerprint density at radius 1 is 1.45 bits per heavy atom. The fourth-order valence-electron chi connectivity index (χ4n) is 2.88. The molecule has 1 aromatic carbocycles. The van der Waals surface area contributed by atoms with Crippen LogP contribution in [0.2, 0.25) is 0 Å². The van der Waals surface area contributed by atoms with Crippen LogP contribution in [0.5, 0.6) is 0 Å². The lowest BCUT2D eigenvalue weighted by molar-refractivity contribution is 0.282. The van der Waals surface area contributed by atoms with Crippen molar-refractivity contribution in [1.29, 1.82) is 0 Å². The number of aliphatic hydroxyl groups is 1. The van der Waals surface area contributed by atoms with E-state index >= 15 is 0 Å². The van der Waals surface area contributed by atoms with Crippen LogP contribution in [0.4, 0.5) is 10.1 Å². The average molecular weight is 280 g/mol. The highest BCUT2D eigenvalue weighted by Gasteiger charge is 2.29. The maximum absolute atomic E-state index is 14.4. The van der Waals surface area contributed by atoms with Gasteiger partial charge in [0.05, 0.1) is 12.3 Å². The van der Waals surface area contributed by atoms with Gasteiger partial charge in [-0.15, -0.1) is 0 Å². The van der Waals surface area contributed by atoms with Crippen LogP contribution in [-0.2, 0) is 0 Å². The highest BCUT2D eigenvalue weighted by atomic mass is 19.1. The number of rotatable bonds is 7. The number of halogens is 1. The molecule has 0 spiro atoms. The molecule has 4 heteroatoms. The molecular formula is C16H25FN2O. The second-order valence-electron chi connectivity index (χ2n) is 5.46. The van der Waals surface area contributed by atoms with E-state index in [1.165, 1.54) is 12.5 Å². The molecule has 3 nitrogen and oxygen atoms in total. The summed E-state index contributed by atoms with van der Waals surface area (Å²) in [5.41, 5.74) is 1.65. The number of anilines is 1. The van der Waals surface area contributed by atoms with Gasteiger partial charge in [-0.1, -0.05) is 19.1 Å². The first-order valence-corrected chi connectivity index (χ1v) is 7.58. The van der Waals surface area contributed by atoms with Crippen molar-refractivity contribution in [2.75, 3.05) is 24.6 Å². The van der Waals surface area contributed by atoms with Crippen LogP contribution >= 0.6 is 0 Å². The van der Waals surface area contributed by atoms with E-state index in [2.05, 4.69) is 17.1 Å². The largest absolute Gasteiger partial charge is 0.395 e. The standard InChI is InChI=1S/C16H25FN2O/c1-3-18-12(2)14-8-5-9-15(17)16(14)19(10-11-20)13-6-4-7-13/h5,8-9,12-13,18,20H,3-4,6-7,10-11H2,1-2H3. The number of nitrogens with zero attached hydrogens (tertiary/aromatic N) is 1. The van der Waals surface area contributed by atoms with E-state index in [4.69, 9.17) is 0 Å². The van der Waals surface area contributed by atoms with Crippen molar-refractivity contribution in [2.45, 2.75) is 45.2 Å². The predicted octanol–water partition coefficient (Wildman–Crippen LogP) is 2.85. The van der Waals surface area contributed by atoms with Crippen LogP contribution in [0.25, 0.3) is 0 Å². The minimum Gasteiger partial charge on any atom is -0.395 e. The van der Waals surface area contributed by atoms with Gasteiger partial charge < -0.3 is 15.3 Å². The number of aliphatic hydroxyl groups excluding tert-OH is 1. The number of hydrogen-bond acceptors (Lipinski definition) is 3. The van der Waals surface area contributed by atoms with Gasteiger partial charge in [-0.25, -0.2) is 4.39 Å². The van der Waals surface area contributed by atoms with Crippen molar-refractivity contribution in [3.05, 3.63) is 29.6 Å². The molecule has 1 aliphatic rings. The number of para-hydroxylation sites is 1. The van der Waals surface area contributed by atoms with E-state index in [0.717, 1.165) is 24.9 Å². The van der Waals surface area contributed by atoms with Crippen LogP contribution in [-0.4, -0.2) is 30.8 Å². The van der Waals surface area contributed by atoms with Crippen LogP contribution in [0.3, 0.4) is 0 Å². The van der Waals surface area contributed by atoms with E-state index < -0.39 is 0 Å². The monoisotopic (exact) mass is 280 g/mol. The van der Waals surface area contributed by atoms with Gasteiger partial charge in [-0.2, -0.15) is 0 Å². The Balaban J connectivity index is 2.35. The third-order valence-electron chi connectivity index (χ3n) is 4.14. The van der Waals surface area contributed by atoms with Gasteiger partial charge in [-0.3, -0.25) is 0 Å². The Morgan fingerprint density at radius 2 is 2.20 bits per heavy atom. The summed E-state index contributed by atoms with van der Waals surface area (Å²) in [7, 11) is 0. The van der Waals surface area contributed by atoms with Gasteiger partial charge in [0, 0.05) is 18.6 Å². The molecule has 2 N–H and O–H groups in total. The molecular weight excluding hydrogens is 255 g/mol. The Labute approximate surface area is 120 Å². The van der Waals surface area contributed by atoms with Gasteiger partial charge in [0.15, 0.2) is 0 Å². The molecule has 112 valence electrons. The third kappa shape index (κ3) is 3.13. The topological polar surface area (TPSA) is 35.5 Å². The molecule has 1 fully saturated rings. The lowest BCUT2D eigenvalue weighted by Gasteiger charge is -2.40. The van der Waals surface area contributed by atoms with Gasteiger partial charge in [0.25, 0.3) is 0 Å². The maximum atomic E-state index is 14.4. The molecule has 0 amide bonds. The molecule has 2 rings (SSSR count). The summed E-state index contributed by atoms with van der Waals surface area (Å²) in [5.74, 6) is -0.187. The molecule has 1 aromatic rings. The first-order chi connectivity index (χ1) is 9.69. The zero-order chi connectivity index (χ0) is 14.5. The molecule has 1 unspecified atom stereocenters. The van der Waals surface area contributed by atoms with Gasteiger partial charge >= 0.3 is 0 Å². The highest BCUT2D eigenvalue weighted by molar-refractivity contribution is 5.57. The molecule has 20 heavy (non-hydrogen) atoms. The third-order valence-corrected chi connectivity index (χ3v) is 4.14. The van der Waals surface area contributed by atoms with Crippen LogP contribution in [0.15, 0.2) is 18.2 Å². The minimum absolute atomic E-state index is 0.0554. The van der Waals surface area contributed by atoms with Crippen molar-refractivity contribution in [3.8, 4) is 0 Å². The zero-order valence-corrected chi connectivity index (χ0v) is 12.4. The summed E-state index contributed by atoms with van der Waals surface area (Å²) in [4.78, 5) is 2.06. The molecule has 1 aliphatic carbocycles. The Bertz CT molecular complexity index is 434. The summed E-state index contributed by atoms with van der Waals surface area (Å²) in [6.07, 6.45) is 3.37. The lowest BCUT2D eigenvalue weighted by Crippen LogP contribution is -2.43. The first kappa shape index (κ1) is 15.3. The summed E-state index contributed by atoms with van der Waals surface area (Å²) < 4.78 is 14.4. The molecule has 0 radical (unpaired) electrons. The maximum Gasteiger partial charge on any atom is 0.146 e. The normalized spacial score (nSPS) is 16.8. The Morgan fingerprint density at radius 3 is 2.75 bits per heavy atom. The van der Waals surface area contributed by atoms with Crippen LogP contribution in [0, 0.1) is 5.82 Å². The SMILES string of the molecule is CCNC(C)c1cccc(F)c1N(CCO)C1CCC1. The van der Waals surface area contributed by atoms with E-state index in [9.17, 15) is 9.50 Å². The summed E-state index contributed by atoms with van der Waals surface area (Å²) >= 11 is 0. The smallest absolute Gasteiger partial charge is 0.146 e. The molecule has 0 saturated heterocycles. The fourth-order valence-corrected chi connectivity index (χ4v) is 2.88. The second kappa shape index (κ2) is 7.04. The van der Waals surface area contributed by atoms with Crippen molar-refractivity contribution < 1.29 is 9.50 Å². The molecule has 0 aromatic heterocycles. The van der Waals surface area contributed by atoms with Gasteiger partial charge in [-0.05, 0) is 44.4 Å². The quantitative estimate of drug-likeness (QED) is 0.806. The average Bonchev–Trinajstić information content (AvgIpc) is 2.36. The van der Waals surface area contributed by atoms with Crippen molar-refractivity contribution >= 4 is 5.69 Å². The second-order valence-corrected chi connectivity index (χ2v) is 5.46. The predicted molar refractivity (Wildman–Crippen MR) is 80.6 cm³/mol. The lowest BCUT2D eigenvalue weighted by atomic mass is 9.90. The Hall–Kier alpha value is -1.13. The summed E-state index contributed by atoms with van der Waals surface area (Å²) in [6, 6.07) is 5.73. The van der Waals surface area contributed by atoms with E-state index in [0.29, 0.717) is 18.3 Å². The van der Waals surface area contributed by atoms with Gasteiger partial charge in [0.1, 0.15) is 5.82 Å². The molecule has 1 atom stereocenters. The van der Waals surface area contributed by atoms with E-state index in [-0.39, 0.29) is 18.5 Å². The van der Waals surface area contributed by atoms with E-state index in [1.54, 1.807) is 6.07 Å². The molecule has 0 heterocycles. The van der Waals surface area contributed by atoms with Crippen molar-refractivity contribution in [2.24, 2.45) is 0 Å². The number of nitrogens with one attached hydrogen (secondary N) is 1. The minimum atomic E-state index is -0.187. The number of hydrogen-bond donors (Lipinski definition) is 2. The van der Waals surface area contributed by atoms with Crippen LogP contribution in [0.1, 0.15) is 44.7 Å². The fraction of sp³-hybridized carbons (Fsp3) is 0.625. The molecule has 1 saturated carbocycles.